The van der Waals surface area contributed by atoms with Gasteiger partial charge >= 0.3 is 0 Å². The van der Waals surface area contributed by atoms with Crippen molar-refractivity contribution >= 4 is 0 Å². The molecule has 120 valence electrons. The number of nitrogens with zero attached hydrogens (tertiary/aromatic N) is 3. The maximum Gasteiger partial charge on any atom is 0.0246 e. The van der Waals surface area contributed by atoms with Crippen molar-refractivity contribution < 1.29 is 0 Å². The summed E-state index contributed by atoms with van der Waals surface area (Å²) >= 11 is 0. The molecular weight excluding hydrogens is 246 g/mol. The Morgan fingerprint density at radius 1 is 1.10 bits per heavy atom. The van der Waals surface area contributed by atoms with E-state index in [0.29, 0.717) is 6.04 Å². The highest BCUT2D eigenvalue weighted by Gasteiger charge is 2.28. The fourth-order valence-electron chi connectivity index (χ4n) is 3.12. The SMILES string of the molecule is CCCN1CCN(CCCN(C)C(C)C)[C@@H](C(C)C)C1. The summed E-state index contributed by atoms with van der Waals surface area (Å²) in [5.41, 5.74) is 0. The van der Waals surface area contributed by atoms with Crippen molar-refractivity contribution in [3.63, 3.8) is 0 Å². The summed E-state index contributed by atoms with van der Waals surface area (Å²) in [5.74, 6) is 0.762. The molecule has 1 fully saturated rings. The Balaban J connectivity index is 2.39. The Morgan fingerprint density at radius 2 is 1.80 bits per heavy atom. The van der Waals surface area contributed by atoms with Gasteiger partial charge in [-0.15, -0.1) is 0 Å². The van der Waals surface area contributed by atoms with E-state index >= 15 is 0 Å². The maximum absolute atomic E-state index is 2.74. The van der Waals surface area contributed by atoms with Gasteiger partial charge in [0.2, 0.25) is 0 Å². The molecule has 1 heterocycles. The molecule has 1 aliphatic rings. The van der Waals surface area contributed by atoms with E-state index in [-0.39, 0.29) is 0 Å². The van der Waals surface area contributed by atoms with Crippen molar-refractivity contribution in [2.45, 2.75) is 59.5 Å². The lowest BCUT2D eigenvalue weighted by Gasteiger charge is -2.43. The summed E-state index contributed by atoms with van der Waals surface area (Å²) in [6.07, 6.45) is 2.58. The summed E-state index contributed by atoms with van der Waals surface area (Å²) in [6, 6.07) is 1.41. The normalized spacial score (nSPS) is 22.4. The topological polar surface area (TPSA) is 9.72 Å². The van der Waals surface area contributed by atoms with E-state index in [1.54, 1.807) is 0 Å². The predicted octanol–water partition coefficient (Wildman–Crippen LogP) is 2.77. The van der Waals surface area contributed by atoms with Crippen molar-refractivity contribution in [3.05, 3.63) is 0 Å². The molecule has 0 N–H and O–H groups in total. The largest absolute Gasteiger partial charge is 0.304 e. The molecule has 0 aromatic heterocycles. The smallest absolute Gasteiger partial charge is 0.0246 e. The number of hydrogen-bond donors (Lipinski definition) is 0. The molecule has 20 heavy (non-hydrogen) atoms. The third-order valence-corrected chi connectivity index (χ3v) is 4.76. The molecule has 0 bridgehead atoms. The van der Waals surface area contributed by atoms with Crippen LogP contribution in [0.15, 0.2) is 0 Å². The van der Waals surface area contributed by atoms with Gasteiger partial charge < -0.3 is 9.80 Å². The first-order valence-corrected chi connectivity index (χ1v) is 8.62. The zero-order valence-electron chi connectivity index (χ0n) is 14.7. The second-order valence-electron chi connectivity index (χ2n) is 7.08. The second kappa shape index (κ2) is 9.01. The van der Waals surface area contributed by atoms with E-state index in [4.69, 9.17) is 0 Å². The van der Waals surface area contributed by atoms with Crippen molar-refractivity contribution in [3.8, 4) is 0 Å². The molecule has 1 saturated heterocycles. The van der Waals surface area contributed by atoms with Gasteiger partial charge in [0.1, 0.15) is 0 Å². The van der Waals surface area contributed by atoms with Gasteiger partial charge in [-0.05, 0) is 59.3 Å². The number of piperazine rings is 1. The second-order valence-corrected chi connectivity index (χ2v) is 7.08. The fourth-order valence-corrected chi connectivity index (χ4v) is 3.12. The molecule has 1 rings (SSSR count). The Morgan fingerprint density at radius 3 is 2.35 bits per heavy atom. The van der Waals surface area contributed by atoms with E-state index in [2.05, 4.69) is 56.4 Å². The third-order valence-electron chi connectivity index (χ3n) is 4.76. The van der Waals surface area contributed by atoms with Crippen LogP contribution in [-0.2, 0) is 0 Å². The molecule has 0 spiro atoms. The summed E-state index contributed by atoms with van der Waals surface area (Å²) in [5, 5.41) is 0. The standard InChI is InChI=1S/C17H37N3/c1-7-9-19-12-13-20(17(14-19)15(2)3)11-8-10-18(6)16(4)5/h15-17H,7-14H2,1-6H3/t17-/m1/s1. The van der Waals surface area contributed by atoms with Crippen LogP contribution in [0.3, 0.4) is 0 Å². The van der Waals surface area contributed by atoms with E-state index in [1.807, 2.05) is 0 Å². The highest BCUT2D eigenvalue weighted by molar-refractivity contribution is 4.84. The van der Waals surface area contributed by atoms with Gasteiger partial charge in [-0.3, -0.25) is 4.90 Å². The maximum atomic E-state index is 2.74. The third kappa shape index (κ3) is 5.71. The molecule has 0 aromatic carbocycles. The molecule has 0 radical (unpaired) electrons. The molecule has 3 heteroatoms. The monoisotopic (exact) mass is 283 g/mol. The minimum atomic E-state index is 0.664. The van der Waals surface area contributed by atoms with Gasteiger partial charge in [0.15, 0.2) is 0 Å². The molecule has 3 nitrogen and oxygen atoms in total. The molecule has 0 aliphatic carbocycles. The van der Waals surface area contributed by atoms with E-state index in [0.717, 1.165) is 12.0 Å². The van der Waals surface area contributed by atoms with E-state index < -0.39 is 0 Å². The first-order chi connectivity index (χ1) is 9.45. The summed E-state index contributed by atoms with van der Waals surface area (Å²) in [6.45, 7) is 19.2. The zero-order chi connectivity index (χ0) is 15.1. The predicted molar refractivity (Wildman–Crippen MR) is 89.3 cm³/mol. The lowest BCUT2D eigenvalue weighted by molar-refractivity contribution is 0.0470. The van der Waals surface area contributed by atoms with Crippen LogP contribution in [0.2, 0.25) is 0 Å². The van der Waals surface area contributed by atoms with Crippen LogP contribution in [0, 0.1) is 5.92 Å². The van der Waals surface area contributed by atoms with Crippen LogP contribution < -0.4 is 0 Å². The quantitative estimate of drug-likeness (QED) is 0.678. The van der Waals surface area contributed by atoms with Crippen LogP contribution in [-0.4, -0.2) is 73.1 Å². The summed E-state index contributed by atoms with van der Waals surface area (Å²) < 4.78 is 0. The van der Waals surface area contributed by atoms with Gasteiger partial charge in [0.25, 0.3) is 0 Å². The lowest BCUT2D eigenvalue weighted by atomic mass is 9.99. The van der Waals surface area contributed by atoms with Crippen molar-refractivity contribution in [1.29, 1.82) is 0 Å². The van der Waals surface area contributed by atoms with E-state index in [1.165, 1.54) is 52.1 Å². The molecule has 0 unspecified atom stereocenters. The highest BCUT2D eigenvalue weighted by Crippen LogP contribution is 2.18. The summed E-state index contributed by atoms with van der Waals surface area (Å²) in [7, 11) is 2.24. The first kappa shape index (κ1) is 17.9. The van der Waals surface area contributed by atoms with Gasteiger partial charge in [-0.1, -0.05) is 20.8 Å². The van der Waals surface area contributed by atoms with Crippen molar-refractivity contribution in [1.82, 2.24) is 14.7 Å². The van der Waals surface area contributed by atoms with Crippen LogP contribution in [0.1, 0.15) is 47.5 Å². The Hall–Kier alpha value is -0.120. The summed E-state index contributed by atoms with van der Waals surface area (Å²) in [4.78, 5) is 7.85. The molecule has 1 atom stereocenters. The first-order valence-electron chi connectivity index (χ1n) is 8.62. The fraction of sp³-hybridized carbons (Fsp3) is 1.00. The van der Waals surface area contributed by atoms with Crippen molar-refractivity contribution in [2.75, 3.05) is 46.3 Å². The van der Waals surface area contributed by atoms with Gasteiger partial charge in [0, 0.05) is 31.7 Å². The van der Waals surface area contributed by atoms with Gasteiger partial charge in [0.05, 0.1) is 0 Å². The average Bonchev–Trinajstić information content (AvgIpc) is 2.39. The van der Waals surface area contributed by atoms with Crippen LogP contribution in [0.4, 0.5) is 0 Å². The lowest BCUT2D eigenvalue weighted by Crippen LogP contribution is -2.55. The minimum Gasteiger partial charge on any atom is -0.304 e. The molecule has 0 aromatic rings. The zero-order valence-corrected chi connectivity index (χ0v) is 14.7. The molecular formula is C17H37N3. The Kier molecular flexibility index (Phi) is 8.08. The minimum absolute atomic E-state index is 0.664. The van der Waals surface area contributed by atoms with Crippen LogP contribution in [0.25, 0.3) is 0 Å². The average molecular weight is 284 g/mol. The van der Waals surface area contributed by atoms with Crippen LogP contribution in [0.5, 0.6) is 0 Å². The van der Waals surface area contributed by atoms with Crippen molar-refractivity contribution in [2.24, 2.45) is 5.92 Å². The Labute approximate surface area is 127 Å². The molecule has 0 saturated carbocycles. The van der Waals surface area contributed by atoms with Gasteiger partial charge in [-0.2, -0.15) is 0 Å². The van der Waals surface area contributed by atoms with Crippen LogP contribution >= 0.6 is 0 Å². The number of rotatable bonds is 8. The van der Waals surface area contributed by atoms with Gasteiger partial charge in [-0.25, -0.2) is 0 Å². The Bertz CT molecular complexity index is 253. The highest BCUT2D eigenvalue weighted by atomic mass is 15.3. The van der Waals surface area contributed by atoms with E-state index in [9.17, 15) is 0 Å². The molecule has 0 amide bonds. The molecule has 1 aliphatic heterocycles. The number of hydrogen-bond acceptors (Lipinski definition) is 3.